The monoisotopic (exact) mass is 323 g/mol. The van der Waals surface area contributed by atoms with Crippen LogP contribution in [0.25, 0.3) is 0 Å². The van der Waals surface area contributed by atoms with Gasteiger partial charge in [0, 0.05) is 5.56 Å². The summed E-state index contributed by atoms with van der Waals surface area (Å²) in [6.45, 7) is 0. The summed E-state index contributed by atoms with van der Waals surface area (Å²) in [7, 11) is 1.21. The SMILES string of the molecule is COC(=O)c1ccccc1NC(=O)c1ccc(C(F)(F)F)cc1. The number of benzene rings is 2. The number of para-hydroxylation sites is 1. The molecule has 120 valence electrons. The summed E-state index contributed by atoms with van der Waals surface area (Å²) in [6.07, 6.45) is -4.47. The highest BCUT2D eigenvalue weighted by Crippen LogP contribution is 2.29. The number of methoxy groups -OCH3 is 1. The van der Waals surface area contributed by atoms with Crippen molar-refractivity contribution in [3.8, 4) is 0 Å². The van der Waals surface area contributed by atoms with E-state index in [1.807, 2.05) is 0 Å². The molecule has 0 spiro atoms. The van der Waals surface area contributed by atoms with E-state index >= 15 is 0 Å². The summed E-state index contributed by atoms with van der Waals surface area (Å²) in [4.78, 5) is 23.7. The fourth-order valence-corrected chi connectivity index (χ4v) is 1.89. The molecule has 0 heterocycles. The Bertz CT molecular complexity index is 724. The van der Waals surface area contributed by atoms with Crippen LogP contribution < -0.4 is 5.32 Å². The molecule has 0 fully saturated rings. The standard InChI is InChI=1S/C16H12F3NO3/c1-23-15(22)12-4-2-3-5-13(12)20-14(21)10-6-8-11(9-7-10)16(17,18)19/h2-9H,1H3,(H,20,21). The van der Waals surface area contributed by atoms with Crippen LogP contribution in [0, 0.1) is 0 Å². The van der Waals surface area contributed by atoms with E-state index in [1.54, 1.807) is 12.1 Å². The molecule has 0 aliphatic carbocycles. The molecule has 0 unspecified atom stereocenters. The lowest BCUT2D eigenvalue weighted by molar-refractivity contribution is -0.137. The molecule has 0 radical (unpaired) electrons. The Labute approximate surface area is 129 Å². The number of nitrogens with one attached hydrogen (secondary N) is 1. The number of carbonyl (C=O) groups is 2. The van der Waals surface area contributed by atoms with Crippen molar-refractivity contribution in [1.29, 1.82) is 0 Å². The van der Waals surface area contributed by atoms with Gasteiger partial charge in [-0.3, -0.25) is 4.79 Å². The minimum atomic E-state index is -4.47. The molecular weight excluding hydrogens is 311 g/mol. The smallest absolute Gasteiger partial charge is 0.416 e. The summed E-state index contributed by atoms with van der Waals surface area (Å²) in [5, 5.41) is 2.48. The van der Waals surface area contributed by atoms with Gasteiger partial charge >= 0.3 is 12.1 Å². The molecule has 0 aliphatic heterocycles. The average Bonchev–Trinajstić information content (AvgIpc) is 2.54. The highest BCUT2D eigenvalue weighted by atomic mass is 19.4. The van der Waals surface area contributed by atoms with Gasteiger partial charge in [0.1, 0.15) is 0 Å². The molecule has 0 aromatic heterocycles. The minimum Gasteiger partial charge on any atom is -0.465 e. The number of ether oxygens (including phenoxy) is 1. The maximum Gasteiger partial charge on any atom is 0.416 e. The van der Waals surface area contributed by atoms with Crippen molar-refractivity contribution in [1.82, 2.24) is 0 Å². The first-order valence-electron chi connectivity index (χ1n) is 6.49. The van der Waals surface area contributed by atoms with Crippen LogP contribution in [0.3, 0.4) is 0 Å². The molecule has 1 N–H and O–H groups in total. The van der Waals surface area contributed by atoms with Crippen molar-refractivity contribution in [2.45, 2.75) is 6.18 Å². The van der Waals surface area contributed by atoms with Crippen LogP contribution in [0.4, 0.5) is 18.9 Å². The van der Waals surface area contributed by atoms with Gasteiger partial charge < -0.3 is 10.1 Å². The topological polar surface area (TPSA) is 55.4 Å². The first kappa shape index (κ1) is 16.5. The molecule has 2 rings (SSSR count). The molecule has 0 bridgehead atoms. The second-order valence-electron chi connectivity index (χ2n) is 4.57. The third-order valence-corrected chi connectivity index (χ3v) is 3.05. The second-order valence-corrected chi connectivity index (χ2v) is 4.57. The van der Waals surface area contributed by atoms with Crippen LogP contribution in [-0.4, -0.2) is 19.0 Å². The highest BCUT2D eigenvalue weighted by Gasteiger charge is 2.30. The van der Waals surface area contributed by atoms with Gasteiger partial charge in [0.2, 0.25) is 0 Å². The number of amides is 1. The van der Waals surface area contributed by atoms with Gasteiger partial charge in [-0.25, -0.2) is 4.79 Å². The Morgan fingerprint density at radius 1 is 1.00 bits per heavy atom. The largest absolute Gasteiger partial charge is 0.465 e. The molecular formula is C16H12F3NO3. The quantitative estimate of drug-likeness (QED) is 0.875. The van der Waals surface area contributed by atoms with E-state index in [0.717, 1.165) is 24.3 Å². The van der Waals surface area contributed by atoms with Crippen LogP contribution in [0.15, 0.2) is 48.5 Å². The lowest BCUT2D eigenvalue weighted by Gasteiger charge is -2.10. The lowest BCUT2D eigenvalue weighted by Crippen LogP contribution is -2.15. The van der Waals surface area contributed by atoms with Crippen molar-refractivity contribution in [2.24, 2.45) is 0 Å². The first-order valence-corrected chi connectivity index (χ1v) is 6.49. The molecule has 0 atom stereocenters. The second kappa shape index (κ2) is 6.51. The zero-order valence-electron chi connectivity index (χ0n) is 12.0. The van der Waals surface area contributed by atoms with Crippen molar-refractivity contribution in [2.75, 3.05) is 12.4 Å². The molecule has 23 heavy (non-hydrogen) atoms. The number of hydrogen-bond donors (Lipinski definition) is 1. The molecule has 0 aliphatic rings. The van der Waals surface area contributed by atoms with Crippen LogP contribution in [-0.2, 0) is 10.9 Å². The van der Waals surface area contributed by atoms with Gasteiger partial charge in [-0.15, -0.1) is 0 Å². The maximum atomic E-state index is 12.5. The summed E-state index contributed by atoms with van der Waals surface area (Å²) in [5.41, 5.74) is -0.443. The van der Waals surface area contributed by atoms with Crippen molar-refractivity contribution < 1.29 is 27.5 Å². The summed E-state index contributed by atoms with van der Waals surface area (Å²) >= 11 is 0. The van der Waals surface area contributed by atoms with Crippen LogP contribution in [0.5, 0.6) is 0 Å². The first-order chi connectivity index (χ1) is 10.8. The van der Waals surface area contributed by atoms with Gasteiger partial charge in [0.05, 0.1) is 23.9 Å². The Morgan fingerprint density at radius 2 is 1.61 bits per heavy atom. The fourth-order valence-electron chi connectivity index (χ4n) is 1.89. The molecule has 1 amide bonds. The Kier molecular flexibility index (Phi) is 4.68. The third kappa shape index (κ3) is 3.88. The fraction of sp³-hybridized carbons (Fsp3) is 0.125. The summed E-state index contributed by atoms with van der Waals surface area (Å²) in [6, 6.07) is 9.94. The van der Waals surface area contributed by atoms with Crippen LogP contribution in [0.2, 0.25) is 0 Å². The number of rotatable bonds is 3. The van der Waals surface area contributed by atoms with Crippen LogP contribution in [0.1, 0.15) is 26.3 Å². The predicted octanol–water partition coefficient (Wildman–Crippen LogP) is 3.74. The molecule has 4 nitrogen and oxygen atoms in total. The Hall–Kier alpha value is -2.83. The number of anilines is 1. The molecule has 7 heteroatoms. The number of carbonyl (C=O) groups excluding carboxylic acids is 2. The number of hydrogen-bond acceptors (Lipinski definition) is 3. The zero-order chi connectivity index (χ0) is 17.0. The number of halogens is 3. The van der Waals surface area contributed by atoms with E-state index < -0.39 is 23.6 Å². The molecule has 2 aromatic rings. The maximum absolute atomic E-state index is 12.5. The Morgan fingerprint density at radius 3 is 2.17 bits per heavy atom. The van der Waals surface area contributed by atoms with Gasteiger partial charge in [-0.05, 0) is 36.4 Å². The minimum absolute atomic E-state index is 0.0395. The third-order valence-electron chi connectivity index (χ3n) is 3.05. The van der Waals surface area contributed by atoms with Gasteiger partial charge in [0.25, 0.3) is 5.91 Å². The van der Waals surface area contributed by atoms with E-state index in [2.05, 4.69) is 10.1 Å². The number of alkyl halides is 3. The van der Waals surface area contributed by atoms with Gasteiger partial charge in [0.15, 0.2) is 0 Å². The Balaban J connectivity index is 2.22. The van der Waals surface area contributed by atoms with Crippen molar-refractivity contribution >= 4 is 17.6 Å². The predicted molar refractivity (Wildman–Crippen MR) is 77.2 cm³/mol. The van der Waals surface area contributed by atoms with E-state index in [4.69, 9.17) is 0 Å². The van der Waals surface area contributed by atoms with Gasteiger partial charge in [-0.1, -0.05) is 12.1 Å². The summed E-state index contributed by atoms with van der Waals surface area (Å²) < 4.78 is 42.1. The van der Waals surface area contributed by atoms with Crippen molar-refractivity contribution in [3.05, 3.63) is 65.2 Å². The molecule has 0 saturated carbocycles. The van der Waals surface area contributed by atoms with E-state index in [9.17, 15) is 22.8 Å². The van der Waals surface area contributed by atoms with Gasteiger partial charge in [-0.2, -0.15) is 13.2 Å². The summed E-state index contributed by atoms with van der Waals surface area (Å²) in [5.74, 6) is -1.26. The lowest BCUT2D eigenvalue weighted by atomic mass is 10.1. The van der Waals surface area contributed by atoms with Crippen LogP contribution >= 0.6 is 0 Å². The normalized spacial score (nSPS) is 11.0. The van der Waals surface area contributed by atoms with Crippen molar-refractivity contribution in [3.63, 3.8) is 0 Å². The molecule has 2 aromatic carbocycles. The average molecular weight is 323 g/mol. The van der Waals surface area contributed by atoms with E-state index in [1.165, 1.54) is 19.2 Å². The molecule has 0 saturated heterocycles. The van der Waals surface area contributed by atoms with E-state index in [-0.39, 0.29) is 16.8 Å². The highest BCUT2D eigenvalue weighted by molar-refractivity contribution is 6.07. The zero-order valence-corrected chi connectivity index (χ0v) is 12.0. The van der Waals surface area contributed by atoms with E-state index in [0.29, 0.717) is 0 Å². The number of esters is 1.